The second-order valence-electron chi connectivity index (χ2n) is 7.61. The van der Waals surface area contributed by atoms with E-state index >= 15 is 0 Å². The number of thiocarbonyl (C=S) groups is 1. The molecule has 0 saturated carbocycles. The van der Waals surface area contributed by atoms with Crippen molar-refractivity contribution in [1.82, 2.24) is 10.2 Å². The number of carbonyl (C=O) groups excluding carboxylic acids is 2. The molecule has 1 heterocycles. The van der Waals surface area contributed by atoms with Crippen molar-refractivity contribution >= 4 is 40.5 Å². The quantitative estimate of drug-likeness (QED) is 0.576. The van der Waals surface area contributed by atoms with Crippen LogP contribution < -0.4 is 15.5 Å². The van der Waals surface area contributed by atoms with E-state index in [1.165, 1.54) is 24.3 Å². The molecule has 0 atom stereocenters. The van der Waals surface area contributed by atoms with Crippen LogP contribution in [0.15, 0.2) is 78.9 Å². The van der Waals surface area contributed by atoms with Crippen LogP contribution in [-0.4, -0.2) is 48.0 Å². The zero-order valence-electron chi connectivity index (χ0n) is 17.8. The number of benzene rings is 3. The lowest BCUT2D eigenvalue weighted by molar-refractivity contribution is 0.0746. The van der Waals surface area contributed by atoms with Gasteiger partial charge in [0, 0.05) is 48.7 Å². The molecule has 0 radical (unpaired) electrons. The minimum absolute atomic E-state index is 0.0611. The fraction of sp³-hybridized carbons (Fsp3) is 0.160. The standard InChI is InChI=1S/C25H23FN4O2S/c26-20-8-6-18(7-9-20)23(31)28-25(33)27-21-10-12-22(13-11-21)29-14-16-30(17-15-29)24(32)19-4-2-1-3-5-19/h1-13H,14-17H2,(H2,27,28,31,33). The number of rotatable bonds is 4. The van der Waals surface area contributed by atoms with Crippen molar-refractivity contribution in [2.24, 2.45) is 0 Å². The highest BCUT2D eigenvalue weighted by molar-refractivity contribution is 7.80. The third-order valence-electron chi connectivity index (χ3n) is 5.41. The molecule has 0 aromatic heterocycles. The average molecular weight is 463 g/mol. The predicted octanol–water partition coefficient (Wildman–Crippen LogP) is 3.91. The Balaban J connectivity index is 1.28. The van der Waals surface area contributed by atoms with E-state index in [1.807, 2.05) is 59.5 Å². The van der Waals surface area contributed by atoms with Crippen molar-refractivity contribution in [1.29, 1.82) is 0 Å². The van der Waals surface area contributed by atoms with Crippen LogP contribution in [0.1, 0.15) is 20.7 Å². The Morgan fingerprint density at radius 2 is 1.42 bits per heavy atom. The fourth-order valence-electron chi connectivity index (χ4n) is 3.63. The number of nitrogens with one attached hydrogen (secondary N) is 2. The van der Waals surface area contributed by atoms with Gasteiger partial charge in [0.2, 0.25) is 0 Å². The van der Waals surface area contributed by atoms with Crippen LogP contribution in [-0.2, 0) is 0 Å². The van der Waals surface area contributed by atoms with Gasteiger partial charge in [-0.1, -0.05) is 18.2 Å². The number of halogens is 1. The summed E-state index contributed by atoms with van der Waals surface area (Å²) in [7, 11) is 0. The van der Waals surface area contributed by atoms with Gasteiger partial charge in [-0.05, 0) is 72.9 Å². The first kappa shape index (κ1) is 22.4. The summed E-state index contributed by atoms with van der Waals surface area (Å²) >= 11 is 5.21. The molecule has 0 aliphatic carbocycles. The van der Waals surface area contributed by atoms with Crippen molar-refractivity contribution in [2.75, 3.05) is 36.4 Å². The lowest BCUT2D eigenvalue weighted by Gasteiger charge is -2.36. The van der Waals surface area contributed by atoms with Crippen LogP contribution in [0.25, 0.3) is 0 Å². The molecule has 2 amide bonds. The molecule has 33 heavy (non-hydrogen) atoms. The summed E-state index contributed by atoms with van der Waals surface area (Å²) in [6, 6.07) is 22.3. The average Bonchev–Trinajstić information content (AvgIpc) is 2.85. The molecule has 3 aromatic carbocycles. The first-order chi connectivity index (χ1) is 16.0. The molecular weight excluding hydrogens is 439 g/mol. The van der Waals surface area contributed by atoms with E-state index in [4.69, 9.17) is 12.2 Å². The number of amides is 2. The summed E-state index contributed by atoms with van der Waals surface area (Å²) in [5.74, 6) is -0.755. The lowest BCUT2D eigenvalue weighted by atomic mass is 10.1. The molecule has 4 rings (SSSR count). The van der Waals surface area contributed by atoms with Crippen LogP contribution in [0.2, 0.25) is 0 Å². The first-order valence-corrected chi connectivity index (χ1v) is 11.0. The van der Waals surface area contributed by atoms with E-state index in [1.54, 1.807) is 0 Å². The molecule has 0 spiro atoms. The molecule has 168 valence electrons. The van der Waals surface area contributed by atoms with Gasteiger partial charge in [-0.2, -0.15) is 0 Å². The molecule has 3 aromatic rings. The Labute approximate surface area is 197 Å². The largest absolute Gasteiger partial charge is 0.368 e. The predicted molar refractivity (Wildman–Crippen MR) is 131 cm³/mol. The van der Waals surface area contributed by atoms with Gasteiger partial charge in [-0.25, -0.2) is 4.39 Å². The van der Waals surface area contributed by atoms with Gasteiger partial charge in [0.25, 0.3) is 11.8 Å². The minimum Gasteiger partial charge on any atom is -0.368 e. The number of nitrogens with zero attached hydrogens (tertiary/aromatic N) is 2. The van der Waals surface area contributed by atoms with Gasteiger partial charge >= 0.3 is 0 Å². The summed E-state index contributed by atoms with van der Waals surface area (Å²) in [4.78, 5) is 28.9. The Morgan fingerprint density at radius 1 is 0.788 bits per heavy atom. The van der Waals surface area contributed by atoms with E-state index in [0.717, 1.165) is 24.5 Å². The second kappa shape index (κ2) is 10.2. The highest BCUT2D eigenvalue weighted by Crippen LogP contribution is 2.20. The van der Waals surface area contributed by atoms with Crippen LogP contribution in [0.5, 0.6) is 0 Å². The molecule has 1 aliphatic heterocycles. The van der Waals surface area contributed by atoms with Crippen LogP contribution in [0, 0.1) is 5.82 Å². The molecule has 6 nitrogen and oxygen atoms in total. The number of anilines is 2. The first-order valence-electron chi connectivity index (χ1n) is 10.6. The van der Waals surface area contributed by atoms with Gasteiger partial charge in [-0.15, -0.1) is 0 Å². The Kier molecular flexibility index (Phi) is 6.95. The molecule has 1 aliphatic rings. The number of hydrogen-bond donors (Lipinski definition) is 2. The molecule has 1 saturated heterocycles. The summed E-state index contributed by atoms with van der Waals surface area (Å²) in [6.45, 7) is 2.81. The third-order valence-corrected chi connectivity index (χ3v) is 5.62. The van der Waals surface area contributed by atoms with Gasteiger partial charge in [0.1, 0.15) is 5.82 Å². The maximum Gasteiger partial charge on any atom is 0.257 e. The highest BCUT2D eigenvalue weighted by atomic mass is 32.1. The van der Waals surface area contributed by atoms with Gasteiger partial charge in [-0.3, -0.25) is 14.9 Å². The van der Waals surface area contributed by atoms with Crippen LogP contribution in [0.4, 0.5) is 15.8 Å². The fourth-order valence-corrected chi connectivity index (χ4v) is 3.84. The zero-order valence-corrected chi connectivity index (χ0v) is 18.6. The number of carbonyl (C=O) groups is 2. The van der Waals surface area contributed by atoms with E-state index in [0.29, 0.717) is 24.2 Å². The molecule has 8 heteroatoms. The molecule has 0 bridgehead atoms. The van der Waals surface area contributed by atoms with E-state index in [9.17, 15) is 14.0 Å². The summed E-state index contributed by atoms with van der Waals surface area (Å²) in [5.41, 5.74) is 2.82. The maximum absolute atomic E-state index is 13.0. The Morgan fingerprint density at radius 3 is 2.06 bits per heavy atom. The summed E-state index contributed by atoms with van der Waals surface area (Å²) in [6.07, 6.45) is 0. The molecule has 0 unspecified atom stereocenters. The third kappa shape index (κ3) is 5.72. The number of hydrogen-bond acceptors (Lipinski definition) is 4. The molecule has 2 N–H and O–H groups in total. The van der Waals surface area contributed by atoms with Crippen molar-refractivity contribution < 1.29 is 14.0 Å². The van der Waals surface area contributed by atoms with Crippen molar-refractivity contribution in [3.63, 3.8) is 0 Å². The monoisotopic (exact) mass is 462 g/mol. The lowest BCUT2D eigenvalue weighted by Crippen LogP contribution is -2.48. The van der Waals surface area contributed by atoms with E-state index in [2.05, 4.69) is 15.5 Å². The van der Waals surface area contributed by atoms with E-state index in [-0.39, 0.29) is 11.0 Å². The second-order valence-corrected chi connectivity index (χ2v) is 8.02. The SMILES string of the molecule is O=C(NC(=S)Nc1ccc(N2CCN(C(=O)c3ccccc3)CC2)cc1)c1ccc(F)cc1. The Hall–Kier alpha value is -3.78. The van der Waals surface area contributed by atoms with E-state index < -0.39 is 11.7 Å². The molecule has 1 fully saturated rings. The van der Waals surface area contributed by atoms with Crippen LogP contribution in [0.3, 0.4) is 0 Å². The number of piperazine rings is 1. The zero-order chi connectivity index (χ0) is 23.2. The van der Waals surface area contributed by atoms with Crippen molar-refractivity contribution in [2.45, 2.75) is 0 Å². The van der Waals surface area contributed by atoms with Gasteiger partial charge in [0.15, 0.2) is 5.11 Å². The Bertz CT molecular complexity index is 1130. The summed E-state index contributed by atoms with van der Waals surface area (Å²) < 4.78 is 13.0. The molecular formula is C25H23FN4O2S. The van der Waals surface area contributed by atoms with Crippen molar-refractivity contribution in [3.8, 4) is 0 Å². The smallest absolute Gasteiger partial charge is 0.257 e. The maximum atomic E-state index is 13.0. The van der Waals surface area contributed by atoms with Gasteiger partial charge < -0.3 is 15.1 Å². The normalized spacial score (nSPS) is 13.4. The van der Waals surface area contributed by atoms with Crippen LogP contribution >= 0.6 is 12.2 Å². The van der Waals surface area contributed by atoms with Gasteiger partial charge in [0.05, 0.1) is 0 Å². The van der Waals surface area contributed by atoms with Crippen molar-refractivity contribution in [3.05, 3.63) is 95.8 Å². The topological polar surface area (TPSA) is 64.7 Å². The summed E-state index contributed by atoms with van der Waals surface area (Å²) in [5, 5.41) is 5.72. The highest BCUT2D eigenvalue weighted by Gasteiger charge is 2.22. The minimum atomic E-state index is -0.410.